The zero-order valence-corrected chi connectivity index (χ0v) is 11.8. The van der Waals surface area contributed by atoms with Crippen molar-refractivity contribution in [3.8, 4) is 5.75 Å². The lowest BCUT2D eigenvalue weighted by molar-refractivity contribution is -0.132. The number of carbonyl (C=O) groups is 1. The molecule has 106 valence electrons. The van der Waals surface area contributed by atoms with Crippen LogP contribution >= 0.6 is 0 Å². The zero-order valence-electron chi connectivity index (χ0n) is 11.8. The van der Waals surface area contributed by atoms with E-state index >= 15 is 0 Å². The first-order valence-electron chi connectivity index (χ1n) is 6.68. The fourth-order valence-electron chi connectivity index (χ4n) is 1.65. The molecule has 0 radical (unpaired) electrons. The Labute approximate surface area is 115 Å². The van der Waals surface area contributed by atoms with E-state index in [2.05, 4.69) is 0 Å². The van der Waals surface area contributed by atoms with Crippen LogP contribution in [0, 0.1) is 6.92 Å². The molecule has 0 saturated carbocycles. The number of likely N-dealkylation sites (N-methyl/N-ethyl adjacent to an activating group) is 1. The molecular weight excluding hydrogens is 242 g/mol. The summed E-state index contributed by atoms with van der Waals surface area (Å²) in [6, 6.07) is 7.64. The van der Waals surface area contributed by atoms with Crippen molar-refractivity contribution in [2.24, 2.45) is 0 Å². The van der Waals surface area contributed by atoms with Gasteiger partial charge in [0.15, 0.2) is 6.61 Å². The van der Waals surface area contributed by atoms with Gasteiger partial charge in [0.2, 0.25) is 0 Å². The molecule has 0 atom stereocenters. The molecule has 1 aromatic rings. The summed E-state index contributed by atoms with van der Waals surface area (Å²) >= 11 is 0. The first-order chi connectivity index (χ1) is 9.13. The maximum atomic E-state index is 11.8. The van der Waals surface area contributed by atoms with Crippen molar-refractivity contribution in [2.45, 2.75) is 26.2 Å². The Morgan fingerprint density at radius 2 is 1.89 bits per heavy atom. The number of ether oxygens (including phenoxy) is 1. The van der Waals surface area contributed by atoms with Crippen LogP contribution < -0.4 is 4.74 Å². The molecule has 0 unspecified atom stereocenters. The highest BCUT2D eigenvalue weighted by Crippen LogP contribution is 2.11. The Morgan fingerprint density at radius 3 is 2.53 bits per heavy atom. The average Bonchev–Trinajstić information content (AvgIpc) is 2.42. The first kappa shape index (κ1) is 15.5. The molecule has 1 amide bonds. The van der Waals surface area contributed by atoms with Crippen LogP contribution in [0.5, 0.6) is 5.75 Å². The van der Waals surface area contributed by atoms with Gasteiger partial charge in [0.1, 0.15) is 5.75 Å². The minimum atomic E-state index is -0.0235. The Balaban J connectivity index is 2.24. The van der Waals surface area contributed by atoms with E-state index in [4.69, 9.17) is 9.84 Å². The smallest absolute Gasteiger partial charge is 0.260 e. The van der Waals surface area contributed by atoms with Gasteiger partial charge in [-0.1, -0.05) is 17.7 Å². The van der Waals surface area contributed by atoms with Crippen molar-refractivity contribution in [1.29, 1.82) is 0 Å². The van der Waals surface area contributed by atoms with Gasteiger partial charge in [-0.15, -0.1) is 0 Å². The Kier molecular flexibility index (Phi) is 6.97. The SMILES string of the molecule is Cc1ccc(OCC(=O)N(C)CCCCCO)cc1. The monoisotopic (exact) mass is 265 g/mol. The van der Waals surface area contributed by atoms with Gasteiger partial charge >= 0.3 is 0 Å². The van der Waals surface area contributed by atoms with Gasteiger partial charge < -0.3 is 14.7 Å². The molecular formula is C15H23NO3. The minimum Gasteiger partial charge on any atom is -0.484 e. The summed E-state index contributed by atoms with van der Waals surface area (Å²) in [7, 11) is 1.78. The van der Waals surface area contributed by atoms with E-state index in [1.54, 1.807) is 11.9 Å². The van der Waals surface area contributed by atoms with E-state index in [0.29, 0.717) is 12.3 Å². The number of nitrogens with zero attached hydrogens (tertiary/aromatic N) is 1. The first-order valence-corrected chi connectivity index (χ1v) is 6.68. The van der Waals surface area contributed by atoms with E-state index < -0.39 is 0 Å². The number of aliphatic hydroxyl groups excluding tert-OH is 1. The van der Waals surface area contributed by atoms with E-state index in [-0.39, 0.29) is 19.1 Å². The predicted molar refractivity (Wildman–Crippen MR) is 75.2 cm³/mol. The van der Waals surface area contributed by atoms with Gasteiger partial charge in [-0.2, -0.15) is 0 Å². The van der Waals surface area contributed by atoms with Crippen LogP contribution in [0.2, 0.25) is 0 Å². The molecule has 1 N–H and O–H groups in total. The summed E-state index contributed by atoms with van der Waals surface area (Å²) in [5, 5.41) is 8.67. The van der Waals surface area contributed by atoms with Gasteiger partial charge in [-0.25, -0.2) is 0 Å². The molecule has 0 aliphatic heterocycles. The molecule has 0 aromatic heterocycles. The lowest BCUT2D eigenvalue weighted by Crippen LogP contribution is -2.32. The Hall–Kier alpha value is -1.55. The summed E-state index contributed by atoms with van der Waals surface area (Å²) in [5.74, 6) is 0.692. The standard InChI is InChI=1S/C15H23NO3/c1-13-6-8-14(9-7-13)19-12-15(18)16(2)10-4-3-5-11-17/h6-9,17H,3-5,10-12H2,1-2H3. The van der Waals surface area contributed by atoms with Crippen molar-refractivity contribution in [2.75, 3.05) is 26.8 Å². The summed E-state index contributed by atoms with van der Waals surface area (Å²) in [6.07, 6.45) is 2.64. The number of unbranched alkanes of at least 4 members (excludes halogenated alkanes) is 2. The number of aryl methyl sites for hydroxylation is 1. The van der Waals surface area contributed by atoms with Crippen LogP contribution in [0.15, 0.2) is 24.3 Å². The summed E-state index contributed by atoms with van der Waals surface area (Å²) in [4.78, 5) is 13.5. The minimum absolute atomic E-state index is 0.0235. The summed E-state index contributed by atoms with van der Waals surface area (Å²) in [5.41, 5.74) is 1.17. The molecule has 0 bridgehead atoms. The molecule has 0 fully saturated rings. The molecule has 0 aliphatic carbocycles. The van der Waals surface area contributed by atoms with E-state index in [0.717, 1.165) is 19.3 Å². The van der Waals surface area contributed by atoms with Gasteiger partial charge in [0, 0.05) is 20.2 Å². The second-order valence-corrected chi connectivity index (χ2v) is 4.70. The second-order valence-electron chi connectivity index (χ2n) is 4.70. The molecule has 4 nitrogen and oxygen atoms in total. The fraction of sp³-hybridized carbons (Fsp3) is 0.533. The Morgan fingerprint density at radius 1 is 1.21 bits per heavy atom. The third kappa shape index (κ3) is 6.25. The van der Waals surface area contributed by atoms with Crippen molar-refractivity contribution in [3.63, 3.8) is 0 Å². The number of carbonyl (C=O) groups excluding carboxylic acids is 1. The number of hydrogen-bond donors (Lipinski definition) is 1. The normalized spacial score (nSPS) is 10.3. The number of benzene rings is 1. The molecule has 1 aromatic carbocycles. The largest absolute Gasteiger partial charge is 0.484 e. The zero-order chi connectivity index (χ0) is 14.1. The highest BCUT2D eigenvalue weighted by molar-refractivity contribution is 5.77. The maximum absolute atomic E-state index is 11.8. The highest BCUT2D eigenvalue weighted by Gasteiger charge is 2.08. The van der Waals surface area contributed by atoms with Crippen LogP contribution in [0.3, 0.4) is 0 Å². The van der Waals surface area contributed by atoms with Crippen LogP contribution in [0.25, 0.3) is 0 Å². The van der Waals surface area contributed by atoms with Gasteiger partial charge in [0.05, 0.1) is 0 Å². The quantitative estimate of drug-likeness (QED) is 0.731. The summed E-state index contributed by atoms with van der Waals surface area (Å²) in [6.45, 7) is 3.00. The van der Waals surface area contributed by atoms with Crippen molar-refractivity contribution < 1.29 is 14.6 Å². The third-order valence-electron chi connectivity index (χ3n) is 2.96. The van der Waals surface area contributed by atoms with Gasteiger partial charge in [-0.3, -0.25) is 4.79 Å². The number of aliphatic hydroxyl groups is 1. The van der Waals surface area contributed by atoms with Crippen molar-refractivity contribution in [1.82, 2.24) is 4.90 Å². The average molecular weight is 265 g/mol. The topological polar surface area (TPSA) is 49.8 Å². The van der Waals surface area contributed by atoms with Crippen LogP contribution in [0.1, 0.15) is 24.8 Å². The number of hydrogen-bond acceptors (Lipinski definition) is 3. The maximum Gasteiger partial charge on any atom is 0.260 e. The van der Waals surface area contributed by atoms with Crippen LogP contribution in [-0.4, -0.2) is 42.7 Å². The number of amides is 1. The number of rotatable bonds is 8. The Bertz CT molecular complexity index is 375. The van der Waals surface area contributed by atoms with Crippen LogP contribution in [0.4, 0.5) is 0 Å². The van der Waals surface area contributed by atoms with Crippen molar-refractivity contribution in [3.05, 3.63) is 29.8 Å². The molecule has 19 heavy (non-hydrogen) atoms. The molecule has 1 rings (SSSR count). The highest BCUT2D eigenvalue weighted by atomic mass is 16.5. The third-order valence-corrected chi connectivity index (χ3v) is 2.96. The van der Waals surface area contributed by atoms with E-state index in [1.165, 1.54) is 5.56 Å². The summed E-state index contributed by atoms with van der Waals surface area (Å²) < 4.78 is 5.44. The van der Waals surface area contributed by atoms with Gasteiger partial charge in [0.25, 0.3) is 5.91 Å². The predicted octanol–water partition coefficient (Wildman–Crippen LogP) is 1.99. The molecule has 0 spiro atoms. The lowest BCUT2D eigenvalue weighted by atomic mass is 10.2. The molecule has 4 heteroatoms. The molecule has 0 saturated heterocycles. The molecule has 0 heterocycles. The van der Waals surface area contributed by atoms with E-state index in [1.807, 2.05) is 31.2 Å². The van der Waals surface area contributed by atoms with E-state index in [9.17, 15) is 4.79 Å². The fourth-order valence-corrected chi connectivity index (χ4v) is 1.65. The lowest BCUT2D eigenvalue weighted by Gasteiger charge is -2.17. The van der Waals surface area contributed by atoms with Crippen LogP contribution in [-0.2, 0) is 4.79 Å². The van der Waals surface area contributed by atoms with Gasteiger partial charge in [-0.05, 0) is 38.3 Å². The second kappa shape index (κ2) is 8.53. The van der Waals surface area contributed by atoms with Crippen molar-refractivity contribution >= 4 is 5.91 Å². The molecule has 0 aliphatic rings.